The minimum Gasteiger partial charge on any atom is -0.313 e. The zero-order chi connectivity index (χ0) is 14.8. The first-order valence-electron chi connectivity index (χ1n) is 8.38. The number of halogens is 2. The van der Waals surface area contributed by atoms with Gasteiger partial charge >= 0.3 is 0 Å². The van der Waals surface area contributed by atoms with Crippen molar-refractivity contribution in [1.29, 1.82) is 0 Å². The SMILES string of the molecule is CCCNC(Cc1ccc(Cl)c(Cl)c1)C1C2CCCCC21. The average molecular weight is 326 g/mol. The molecule has 1 nitrogen and oxygen atoms in total. The monoisotopic (exact) mass is 325 g/mol. The third-order valence-electron chi connectivity index (χ3n) is 5.28. The highest BCUT2D eigenvalue weighted by molar-refractivity contribution is 6.42. The van der Waals surface area contributed by atoms with Gasteiger partial charge in [0.1, 0.15) is 0 Å². The lowest BCUT2D eigenvalue weighted by atomic mass is 9.99. The van der Waals surface area contributed by atoms with E-state index in [-0.39, 0.29) is 0 Å². The molecule has 2 aliphatic rings. The van der Waals surface area contributed by atoms with Crippen molar-refractivity contribution in [1.82, 2.24) is 5.32 Å². The van der Waals surface area contributed by atoms with Gasteiger partial charge in [-0.3, -0.25) is 0 Å². The number of rotatable bonds is 6. The third-order valence-corrected chi connectivity index (χ3v) is 6.02. The maximum atomic E-state index is 6.17. The molecule has 0 saturated heterocycles. The summed E-state index contributed by atoms with van der Waals surface area (Å²) in [6.45, 7) is 3.35. The van der Waals surface area contributed by atoms with Gasteiger partial charge in [-0.05, 0) is 67.7 Å². The summed E-state index contributed by atoms with van der Waals surface area (Å²) >= 11 is 12.2. The second-order valence-electron chi connectivity index (χ2n) is 6.70. The van der Waals surface area contributed by atoms with Gasteiger partial charge in [0.25, 0.3) is 0 Å². The van der Waals surface area contributed by atoms with E-state index in [9.17, 15) is 0 Å². The molecule has 2 fully saturated rings. The Kier molecular flexibility index (Phi) is 5.14. The lowest BCUT2D eigenvalue weighted by Crippen LogP contribution is -2.34. The molecule has 0 aromatic heterocycles. The van der Waals surface area contributed by atoms with E-state index in [2.05, 4.69) is 18.3 Å². The van der Waals surface area contributed by atoms with Gasteiger partial charge in [0.15, 0.2) is 0 Å². The molecule has 2 aliphatic carbocycles. The quantitative estimate of drug-likeness (QED) is 0.744. The van der Waals surface area contributed by atoms with Crippen molar-refractivity contribution in [2.45, 2.75) is 51.5 Å². The number of benzene rings is 1. The minimum absolute atomic E-state index is 0.607. The normalized spacial score (nSPS) is 29.0. The van der Waals surface area contributed by atoms with Gasteiger partial charge in [-0.1, -0.05) is 49.0 Å². The van der Waals surface area contributed by atoms with E-state index >= 15 is 0 Å². The van der Waals surface area contributed by atoms with E-state index < -0.39 is 0 Å². The number of hydrogen-bond acceptors (Lipinski definition) is 1. The molecular formula is C18H25Cl2N. The molecule has 21 heavy (non-hydrogen) atoms. The van der Waals surface area contributed by atoms with Crippen LogP contribution in [-0.2, 0) is 6.42 Å². The number of fused-ring (bicyclic) bond motifs is 1. The second kappa shape index (κ2) is 6.89. The summed E-state index contributed by atoms with van der Waals surface area (Å²) in [5.41, 5.74) is 1.31. The molecule has 1 aromatic rings. The van der Waals surface area contributed by atoms with Crippen molar-refractivity contribution in [2.24, 2.45) is 17.8 Å². The zero-order valence-corrected chi connectivity index (χ0v) is 14.3. The van der Waals surface area contributed by atoms with Crippen LogP contribution in [-0.4, -0.2) is 12.6 Å². The van der Waals surface area contributed by atoms with Gasteiger partial charge < -0.3 is 5.32 Å². The summed E-state index contributed by atoms with van der Waals surface area (Å²) in [6, 6.07) is 6.70. The lowest BCUT2D eigenvalue weighted by molar-refractivity contribution is 0.428. The highest BCUT2D eigenvalue weighted by Crippen LogP contribution is 2.57. The van der Waals surface area contributed by atoms with Crippen molar-refractivity contribution in [3.8, 4) is 0 Å². The molecule has 1 N–H and O–H groups in total. The Balaban J connectivity index is 1.68. The first-order valence-corrected chi connectivity index (χ1v) is 9.13. The Labute approximate surface area is 138 Å². The van der Waals surface area contributed by atoms with Gasteiger partial charge in [-0.15, -0.1) is 0 Å². The van der Waals surface area contributed by atoms with Crippen molar-refractivity contribution in [3.63, 3.8) is 0 Å². The van der Waals surface area contributed by atoms with Crippen LogP contribution >= 0.6 is 23.2 Å². The molecule has 0 aliphatic heterocycles. The lowest BCUT2D eigenvalue weighted by Gasteiger charge is -2.19. The van der Waals surface area contributed by atoms with Crippen LogP contribution in [0.4, 0.5) is 0 Å². The standard InChI is InChI=1S/C18H25Cl2N/c1-2-9-21-17(18-13-5-3-4-6-14(13)18)11-12-7-8-15(19)16(20)10-12/h7-8,10,13-14,17-18,21H,2-6,9,11H2,1H3. The van der Waals surface area contributed by atoms with Crippen LogP contribution in [0.1, 0.15) is 44.6 Å². The van der Waals surface area contributed by atoms with Gasteiger partial charge in [0.2, 0.25) is 0 Å². The first-order chi connectivity index (χ1) is 10.2. The van der Waals surface area contributed by atoms with Crippen LogP contribution in [0.5, 0.6) is 0 Å². The highest BCUT2D eigenvalue weighted by atomic mass is 35.5. The van der Waals surface area contributed by atoms with Crippen molar-refractivity contribution in [3.05, 3.63) is 33.8 Å². The smallest absolute Gasteiger partial charge is 0.0595 e. The van der Waals surface area contributed by atoms with Gasteiger partial charge in [-0.25, -0.2) is 0 Å². The Hall–Kier alpha value is -0.240. The maximum absolute atomic E-state index is 6.17. The second-order valence-corrected chi connectivity index (χ2v) is 7.52. The van der Waals surface area contributed by atoms with Crippen LogP contribution in [0.15, 0.2) is 18.2 Å². The highest BCUT2D eigenvalue weighted by Gasteiger charge is 2.53. The van der Waals surface area contributed by atoms with E-state index in [1.165, 1.54) is 37.7 Å². The summed E-state index contributed by atoms with van der Waals surface area (Å²) in [5.74, 6) is 2.85. The Morgan fingerprint density at radius 3 is 2.48 bits per heavy atom. The molecule has 0 spiro atoms. The molecule has 2 saturated carbocycles. The predicted octanol–water partition coefficient (Wildman–Crippen LogP) is 5.34. The van der Waals surface area contributed by atoms with Crippen LogP contribution < -0.4 is 5.32 Å². The Morgan fingerprint density at radius 1 is 1.14 bits per heavy atom. The summed E-state index contributed by atoms with van der Waals surface area (Å²) in [5, 5.41) is 5.12. The van der Waals surface area contributed by atoms with Crippen LogP contribution in [0.3, 0.4) is 0 Å². The number of hydrogen-bond donors (Lipinski definition) is 1. The third kappa shape index (κ3) is 3.57. The molecule has 3 atom stereocenters. The van der Waals surface area contributed by atoms with Crippen LogP contribution in [0.25, 0.3) is 0 Å². The minimum atomic E-state index is 0.607. The van der Waals surface area contributed by atoms with Crippen LogP contribution in [0.2, 0.25) is 10.0 Å². The van der Waals surface area contributed by atoms with Crippen molar-refractivity contribution < 1.29 is 0 Å². The molecule has 3 rings (SSSR count). The molecule has 0 amide bonds. The fourth-order valence-corrected chi connectivity index (χ4v) is 4.56. The molecule has 0 heterocycles. The van der Waals surface area contributed by atoms with Crippen LogP contribution in [0, 0.1) is 17.8 Å². The molecule has 116 valence electrons. The Bertz CT molecular complexity index is 476. The van der Waals surface area contributed by atoms with Gasteiger partial charge in [0.05, 0.1) is 10.0 Å². The molecular weight excluding hydrogens is 301 g/mol. The van der Waals surface area contributed by atoms with E-state index in [4.69, 9.17) is 23.2 Å². The zero-order valence-electron chi connectivity index (χ0n) is 12.7. The summed E-state index contributed by atoms with van der Waals surface area (Å²) in [7, 11) is 0. The first kappa shape index (κ1) is 15.6. The van der Waals surface area contributed by atoms with Crippen molar-refractivity contribution in [2.75, 3.05) is 6.54 Å². The fraction of sp³-hybridized carbons (Fsp3) is 0.667. The Morgan fingerprint density at radius 2 is 1.86 bits per heavy atom. The average Bonchev–Trinajstić information content (AvgIpc) is 3.21. The molecule has 0 bridgehead atoms. The summed E-state index contributed by atoms with van der Waals surface area (Å²) in [4.78, 5) is 0. The maximum Gasteiger partial charge on any atom is 0.0595 e. The predicted molar refractivity (Wildman–Crippen MR) is 91.2 cm³/mol. The van der Waals surface area contributed by atoms with Crippen molar-refractivity contribution >= 4 is 23.2 Å². The molecule has 0 radical (unpaired) electrons. The fourth-order valence-electron chi connectivity index (χ4n) is 4.24. The largest absolute Gasteiger partial charge is 0.313 e. The summed E-state index contributed by atoms with van der Waals surface area (Å²) in [6.07, 6.45) is 8.03. The van der Waals surface area contributed by atoms with E-state index in [0.717, 1.165) is 30.7 Å². The van der Waals surface area contributed by atoms with Gasteiger partial charge in [0, 0.05) is 6.04 Å². The van der Waals surface area contributed by atoms with E-state index in [1.54, 1.807) is 0 Å². The van der Waals surface area contributed by atoms with E-state index in [1.807, 2.05) is 12.1 Å². The van der Waals surface area contributed by atoms with E-state index in [0.29, 0.717) is 16.1 Å². The topological polar surface area (TPSA) is 12.0 Å². The number of nitrogens with one attached hydrogen (secondary N) is 1. The van der Waals surface area contributed by atoms with Gasteiger partial charge in [-0.2, -0.15) is 0 Å². The molecule has 3 unspecified atom stereocenters. The molecule has 1 aromatic carbocycles. The molecule has 3 heteroatoms. The summed E-state index contributed by atoms with van der Waals surface area (Å²) < 4.78 is 0.